The number of nitrogens with zero attached hydrogens (tertiary/aromatic N) is 2. The molecule has 0 aliphatic carbocycles. The molecule has 148 valence electrons. The maximum Gasteiger partial charge on any atom is 0.238 e. The van der Waals surface area contributed by atoms with Crippen molar-refractivity contribution >= 4 is 17.5 Å². The van der Waals surface area contributed by atoms with Crippen LogP contribution in [0.2, 0.25) is 0 Å². The zero-order valence-corrected chi connectivity index (χ0v) is 16.9. The van der Waals surface area contributed by atoms with Crippen LogP contribution in [0.15, 0.2) is 54.6 Å². The van der Waals surface area contributed by atoms with Crippen LogP contribution in [0.5, 0.6) is 0 Å². The number of hydrogen-bond acceptors (Lipinski definition) is 3. The molecular formula is C23H28N2O3. The van der Waals surface area contributed by atoms with E-state index in [1.54, 1.807) is 24.0 Å². The quantitative estimate of drug-likeness (QED) is 0.707. The first-order valence-electron chi connectivity index (χ1n) is 9.72. The Bertz CT molecular complexity index is 837. The summed E-state index contributed by atoms with van der Waals surface area (Å²) in [6, 6.07) is 17.7. The second kappa shape index (κ2) is 8.57. The zero-order valence-electron chi connectivity index (χ0n) is 16.9. The van der Waals surface area contributed by atoms with E-state index in [2.05, 4.69) is 0 Å². The molecule has 3 rings (SSSR count). The summed E-state index contributed by atoms with van der Waals surface area (Å²) in [6.07, 6.45) is 0.654. The third-order valence-corrected chi connectivity index (χ3v) is 5.60. The lowest BCUT2D eigenvalue weighted by atomic mass is 9.73. The monoisotopic (exact) mass is 380 g/mol. The van der Waals surface area contributed by atoms with Crippen LogP contribution >= 0.6 is 0 Å². The van der Waals surface area contributed by atoms with E-state index in [1.165, 1.54) is 0 Å². The number of carbonyl (C=O) groups excluding carboxylic acids is 2. The minimum absolute atomic E-state index is 0.0195. The highest BCUT2D eigenvalue weighted by Gasteiger charge is 2.51. The molecule has 5 nitrogen and oxygen atoms in total. The van der Waals surface area contributed by atoms with E-state index >= 15 is 0 Å². The Kier molecular flexibility index (Phi) is 6.15. The fraction of sp³-hybridized carbons (Fsp3) is 0.391. The molecule has 0 saturated carbocycles. The number of ether oxygens (including phenoxy) is 1. The smallest absolute Gasteiger partial charge is 0.238 e. The van der Waals surface area contributed by atoms with Crippen molar-refractivity contribution in [2.45, 2.75) is 25.2 Å². The lowest BCUT2D eigenvalue weighted by Gasteiger charge is -2.31. The normalized spacial score (nSPS) is 18.2. The minimum Gasteiger partial charge on any atom is -0.383 e. The van der Waals surface area contributed by atoms with Crippen LogP contribution in [0.25, 0.3) is 0 Å². The molecule has 2 aromatic rings. The van der Waals surface area contributed by atoms with Crippen LogP contribution < -0.4 is 4.90 Å². The number of likely N-dealkylation sites (N-methyl/N-ethyl adjacent to an activating group) is 2. The number of amides is 2. The van der Waals surface area contributed by atoms with Crippen LogP contribution in [0, 0.1) is 0 Å². The Morgan fingerprint density at radius 2 is 1.79 bits per heavy atom. The number of benzene rings is 2. The van der Waals surface area contributed by atoms with E-state index in [1.807, 2.05) is 61.5 Å². The molecule has 5 heteroatoms. The highest BCUT2D eigenvalue weighted by atomic mass is 16.5. The Labute approximate surface area is 166 Å². The van der Waals surface area contributed by atoms with Gasteiger partial charge in [0, 0.05) is 39.4 Å². The molecule has 2 aromatic carbocycles. The van der Waals surface area contributed by atoms with E-state index in [0.29, 0.717) is 26.1 Å². The maximum atomic E-state index is 13.5. The largest absolute Gasteiger partial charge is 0.383 e. The van der Waals surface area contributed by atoms with Gasteiger partial charge in [-0.1, -0.05) is 48.5 Å². The number of anilines is 1. The van der Waals surface area contributed by atoms with Crippen molar-refractivity contribution in [1.82, 2.24) is 4.90 Å². The second-order valence-corrected chi connectivity index (χ2v) is 7.27. The van der Waals surface area contributed by atoms with Gasteiger partial charge in [0.25, 0.3) is 0 Å². The number of carbonyl (C=O) groups is 2. The molecule has 0 aromatic heterocycles. The first kappa shape index (κ1) is 20.1. The van der Waals surface area contributed by atoms with E-state index in [4.69, 9.17) is 4.74 Å². The maximum absolute atomic E-state index is 13.5. The summed E-state index contributed by atoms with van der Waals surface area (Å²) in [6.45, 7) is 3.55. The van der Waals surface area contributed by atoms with Gasteiger partial charge in [0.1, 0.15) is 0 Å². The summed E-state index contributed by atoms with van der Waals surface area (Å²) in [5.41, 5.74) is 1.98. The lowest BCUT2D eigenvalue weighted by Crippen LogP contribution is -2.46. The molecule has 2 amide bonds. The first-order chi connectivity index (χ1) is 13.5. The van der Waals surface area contributed by atoms with Gasteiger partial charge in [-0.15, -0.1) is 0 Å². The first-order valence-corrected chi connectivity index (χ1v) is 9.72. The predicted molar refractivity (Wildman–Crippen MR) is 110 cm³/mol. The number of rotatable bonds is 8. The van der Waals surface area contributed by atoms with Crippen molar-refractivity contribution in [3.05, 3.63) is 65.7 Å². The molecule has 1 atom stereocenters. The van der Waals surface area contributed by atoms with Gasteiger partial charge < -0.3 is 14.5 Å². The van der Waals surface area contributed by atoms with Gasteiger partial charge in [-0.25, -0.2) is 0 Å². The minimum atomic E-state index is -0.885. The van der Waals surface area contributed by atoms with Gasteiger partial charge in [-0.3, -0.25) is 9.59 Å². The molecule has 0 spiro atoms. The Morgan fingerprint density at radius 1 is 1.11 bits per heavy atom. The summed E-state index contributed by atoms with van der Waals surface area (Å²) in [5.74, 6) is -0.0392. The van der Waals surface area contributed by atoms with Gasteiger partial charge >= 0.3 is 0 Å². The third kappa shape index (κ3) is 3.67. The van der Waals surface area contributed by atoms with Gasteiger partial charge in [0.15, 0.2) is 0 Å². The van der Waals surface area contributed by atoms with E-state index in [-0.39, 0.29) is 18.2 Å². The molecule has 28 heavy (non-hydrogen) atoms. The van der Waals surface area contributed by atoms with Crippen LogP contribution in [0.1, 0.15) is 24.5 Å². The van der Waals surface area contributed by atoms with E-state index < -0.39 is 5.41 Å². The average molecular weight is 380 g/mol. The molecular weight excluding hydrogens is 352 g/mol. The summed E-state index contributed by atoms with van der Waals surface area (Å²) in [4.78, 5) is 30.1. The number of fused-ring (bicyclic) bond motifs is 1. The van der Waals surface area contributed by atoms with Crippen LogP contribution in [-0.4, -0.2) is 50.6 Å². The fourth-order valence-corrected chi connectivity index (χ4v) is 4.10. The van der Waals surface area contributed by atoms with Crippen LogP contribution in [0.3, 0.4) is 0 Å². The predicted octanol–water partition coefficient (Wildman–Crippen LogP) is 3.03. The second-order valence-electron chi connectivity index (χ2n) is 7.27. The molecule has 0 N–H and O–H groups in total. The van der Waals surface area contributed by atoms with Gasteiger partial charge in [-0.05, 0) is 30.5 Å². The Balaban J connectivity index is 2.01. The SMILES string of the molecule is CCN(CCOC)C(=O)C[C@@]1(Cc2ccccc2)C(=O)N(C)c2ccccc21. The van der Waals surface area contributed by atoms with Gasteiger partial charge in [-0.2, -0.15) is 0 Å². The van der Waals surface area contributed by atoms with Crippen LogP contribution in [-0.2, 0) is 26.2 Å². The topological polar surface area (TPSA) is 49.9 Å². The summed E-state index contributed by atoms with van der Waals surface area (Å²) in [7, 11) is 3.42. The molecule has 1 aliphatic heterocycles. The highest BCUT2D eigenvalue weighted by Crippen LogP contribution is 2.45. The number of hydrogen-bond donors (Lipinski definition) is 0. The number of para-hydroxylation sites is 1. The fourth-order valence-electron chi connectivity index (χ4n) is 4.10. The average Bonchev–Trinajstić information content (AvgIpc) is 2.92. The van der Waals surface area contributed by atoms with Crippen LogP contribution in [0.4, 0.5) is 5.69 Å². The Hall–Kier alpha value is -2.66. The van der Waals surface area contributed by atoms with Crippen molar-refractivity contribution in [3.63, 3.8) is 0 Å². The van der Waals surface area contributed by atoms with Gasteiger partial charge in [0.2, 0.25) is 11.8 Å². The lowest BCUT2D eigenvalue weighted by molar-refractivity contribution is -0.136. The van der Waals surface area contributed by atoms with Crippen molar-refractivity contribution in [2.75, 3.05) is 38.8 Å². The summed E-state index contributed by atoms with van der Waals surface area (Å²) >= 11 is 0. The van der Waals surface area contributed by atoms with Gasteiger partial charge in [0.05, 0.1) is 12.0 Å². The summed E-state index contributed by atoms with van der Waals surface area (Å²) in [5, 5.41) is 0. The van der Waals surface area contributed by atoms with Crippen molar-refractivity contribution in [3.8, 4) is 0 Å². The highest BCUT2D eigenvalue weighted by molar-refractivity contribution is 6.09. The molecule has 1 aliphatic rings. The molecule has 0 unspecified atom stereocenters. The van der Waals surface area contributed by atoms with E-state index in [0.717, 1.165) is 16.8 Å². The van der Waals surface area contributed by atoms with E-state index in [9.17, 15) is 9.59 Å². The molecule has 0 fully saturated rings. The third-order valence-electron chi connectivity index (χ3n) is 5.60. The van der Waals surface area contributed by atoms with Crippen molar-refractivity contribution in [1.29, 1.82) is 0 Å². The van der Waals surface area contributed by atoms with Crippen molar-refractivity contribution < 1.29 is 14.3 Å². The molecule has 0 bridgehead atoms. The molecule has 0 saturated heterocycles. The number of methoxy groups -OCH3 is 1. The summed E-state index contributed by atoms with van der Waals surface area (Å²) < 4.78 is 5.14. The molecule has 1 heterocycles. The molecule has 0 radical (unpaired) electrons. The standard InChI is InChI=1S/C23H28N2O3/c1-4-25(14-15-28-3)21(26)17-23(16-18-10-6-5-7-11-18)19-12-8-9-13-20(19)24(2)22(23)27/h5-13H,4,14-17H2,1-3H3/t23-/m1/s1. The Morgan fingerprint density at radius 3 is 2.46 bits per heavy atom. The zero-order chi connectivity index (χ0) is 20.1. The van der Waals surface area contributed by atoms with Crippen molar-refractivity contribution in [2.24, 2.45) is 0 Å².